The minimum absolute atomic E-state index is 0.364. The SMILES string of the molecule is Brc1ccc(CNCC(c2ccccc2)N2CCOCC2)o1. The van der Waals surface area contributed by atoms with Crippen LogP contribution in [0.1, 0.15) is 17.4 Å². The first kappa shape index (κ1) is 15.7. The molecule has 22 heavy (non-hydrogen) atoms. The van der Waals surface area contributed by atoms with Crippen LogP contribution in [-0.2, 0) is 11.3 Å². The van der Waals surface area contributed by atoms with E-state index in [1.54, 1.807) is 0 Å². The van der Waals surface area contributed by atoms with Crippen molar-refractivity contribution in [3.63, 3.8) is 0 Å². The summed E-state index contributed by atoms with van der Waals surface area (Å²) in [4.78, 5) is 2.49. The van der Waals surface area contributed by atoms with Gasteiger partial charge >= 0.3 is 0 Å². The zero-order chi connectivity index (χ0) is 15.2. The van der Waals surface area contributed by atoms with Crippen molar-refractivity contribution in [1.29, 1.82) is 0 Å². The number of hydrogen-bond acceptors (Lipinski definition) is 4. The molecule has 1 atom stereocenters. The lowest BCUT2D eigenvalue weighted by Gasteiger charge is -2.35. The molecule has 0 saturated carbocycles. The number of rotatable bonds is 6. The molecule has 1 N–H and O–H groups in total. The second kappa shape index (κ2) is 7.92. The van der Waals surface area contributed by atoms with E-state index in [1.165, 1.54) is 5.56 Å². The summed E-state index contributed by atoms with van der Waals surface area (Å²) in [6.07, 6.45) is 0. The van der Waals surface area contributed by atoms with Crippen molar-refractivity contribution in [1.82, 2.24) is 10.2 Å². The maximum Gasteiger partial charge on any atom is 0.169 e. The zero-order valence-electron chi connectivity index (χ0n) is 12.5. The topological polar surface area (TPSA) is 37.6 Å². The van der Waals surface area contributed by atoms with Crippen LogP contribution in [0, 0.1) is 0 Å². The molecule has 0 bridgehead atoms. The van der Waals surface area contributed by atoms with Gasteiger partial charge in [0.1, 0.15) is 5.76 Å². The molecule has 2 heterocycles. The zero-order valence-corrected chi connectivity index (χ0v) is 14.1. The highest BCUT2D eigenvalue weighted by molar-refractivity contribution is 9.10. The molecule has 1 aromatic carbocycles. The highest BCUT2D eigenvalue weighted by atomic mass is 79.9. The Bertz CT molecular complexity index is 567. The van der Waals surface area contributed by atoms with Gasteiger partial charge in [-0.2, -0.15) is 0 Å². The highest BCUT2D eigenvalue weighted by Crippen LogP contribution is 2.21. The standard InChI is InChI=1S/C17H21BrN2O2/c18-17-7-6-15(22-17)12-19-13-16(14-4-2-1-3-5-14)20-8-10-21-11-9-20/h1-7,16,19H,8-13H2. The summed E-state index contributed by atoms with van der Waals surface area (Å²) in [5, 5.41) is 3.51. The summed E-state index contributed by atoms with van der Waals surface area (Å²) in [5.74, 6) is 0.945. The fraction of sp³-hybridized carbons (Fsp3) is 0.412. The van der Waals surface area contributed by atoms with Gasteiger partial charge in [-0.25, -0.2) is 0 Å². The van der Waals surface area contributed by atoms with Gasteiger partial charge in [0.2, 0.25) is 0 Å². The average Bonchev–Trinajstić information content (AvgIpc) is 2.99. The summed E-state index contributed by atoms with van der Waals surface area (Å²) in [5.41, 5.74) is 1.34. The second-order valence-corrected chi connectivity index (χ2v) is 6.19. The number of furan rings is 1. The molecule has 1 aliphatic heterocycles. The van der Waals surface area contributed by atoms with Gasteiger partial charge in [-0.1, -0.05) is 30.3 Å². The number of halogens is 1. The van der Waals surface area contributed by atoms with Crippen LogP contribution in [0.25, 0.3) is 0 Å². The lowest BCUT2D eigenvalue weighted by atomic mass is 10.0. The Balaban J connectivity index is 1.63. The largest absolute Gasteiger partial charge is 0.453 e. The number of morpholine rings is 1. The Morgan fingerprint density at radius 3 is 2.55 bits per heavy atom. The van der Waals surface area contributed by atoms with Crippen LogP contribution in [0.5, 0.6) is 0 Å². The van der Waals surface area contributed by atoms with E-state index < -0.39 is 0 Å². The van der Waals surface area contributed by atoms with Crippen LogP contribution in [-0.4, -0.2) is 37.7 Å². The van der Waals surface area contributed by atoms with Crippen LogP contribution in [0.2, 0.25) is 0 Å². The molecule has 1 fully saturated rings. The number of hydrogen-bond donors (Lipinski definition) is 1. The minimum atomic E-state index is 0.364. The molecular weight excluding hydrogens is 344 g/mol. The third-order valence-corrected chi connectivity index (χ3v) is 4.36. The highest BCUT2D eigenvalue weighted by Gasteiger charge is 2.22. The van der Waals surface area contributed by atoms with Gasteiger partial charge < -0.3 is 14.5 Å². The lowest BCUT2D eigenvalue weighted by Crippen LogP contribution is -2.42. The Morgan fingerprint density at radius 1 is 1.09 bits per heavy atom. The normalized spacial score (nSPS) is 17.5. The Morgan fingerprint density at radius 2 is 1.86 bits per heavy atom. The van der Waals surface area contributed by atoms with Crippen molar-refractivity contribution in [3.8, 4) is 0 Å². The van der Waals surface area contributed by atoms with Gasteiger partial charge in [0.25, 0.3) is 0 Å². The number of nitrogens with one attached hydrogen (secondary N) is 1. The van der Waals surface area contributed by atoms with E-state index in [1.807, 2.05) is 12.1 Å². The summed E-state index contributed by atoms with van der Waals surface area (Å²) >= 11 is 3.34. The summed E-state index contributed by atoms with van der Waals surface area (Å²) < 4.78 is 11.8. The summed E-state index contributed by atoms with van der Waals surface area (Å²) in [7, 11) is 0. The monoisotopic (exact) mass is 364 g/mol. The molecule has 2 aromatic rings. The van der Waals surface area contributed by atoms with Crippen molar-refractivity contribution >= 4 is 15.9 Å². The van der Waals surface area contributed by atoms with Crippen molar-refractivity contribution in [3.05, 3.63) is 58.5 Å². The van der Waals surface area contributed by atoms with E-state index in [0.717, 1.165) is 49.8 Å². The summed E-state index contributed by atoms with van der Waals surface area (Å²) in [6, 6.07) is 14.9. The maximum absolute atomic E-state index is 5.54. The lowest BCUT2D eigenvalue weighted by molar-refractivity contribution is 0.0160. The molecule has 1 saturated heterocycles. The fourth-order valence-electron chi connectivity index (χ4n) is 2.80. The van der Waals surface area contributed by atoms with Crippen molar-refractivity contribution in [2.24, 2.45) is 0 Å². The maximum atomic E-state index is 5.54. The van der Waals surface area contributed by atoms with Crippen molar-refractivity contribution in [2.75, 3.05) is 32.8 Å². The molecule has 4 nitrogen and oxygen atoms in total. The first-order valence-corrected chi connectivity index (χ1v) is 8.44. The second-order valence-electron chi connectivity index (χ2n) is 5.41. The molecule has 3 rings (SSSR count). The minimum Gasteiger partial charge on any atom is -0.453 e. The van der Waals surface area contributed by atoms with Gasteiger partial charge in [-0.15, -0.1) is 0 Å². The smallest absolute Gasteiger partial charge is 0.169 e. The summed E-state index contributed by atoms with van der Waals surface area (Å²) in [6.45, 7) is 5.21. The first-order valence-electron chi connectivity index (χ1n) is 7.64. The third kappa shape index (κ3) is 4.20. The molecule has 0 spiro atoms. The number of nitrogens with zero attached hydrogens (tertiary/aromatic N) is 1. The van der Waals surface area contributed by atoms with E-state index in [2.05, 4.69) is 56.5 Å². The molecule has 118 valence electrons. The Kier molecular flexibility index (Phi) is 5.67. The van der Waals surface area contributed by atoms with E-state index >= 15 is 0 Å². The van der Waals surface area contributed by atoms with Crippen LogP contribution in [0.15, 0.2) is 51.6 Å². The van der Waals surface area contributed by atoms with E-state index in [4.69, 9.17) is 9.15 Å². The molecule has 0 radical (unpaired) electrons. The average molecular weight is 365 g/mol. The fourth-order valence-corrected chi connectivity index (χ4v) is 3.14. The Labute approximate surface area is 139 Å². The van der Waals surface area contributed by atoms with Gasteiger partial charge in [0.15, 0.2) is 4.67 Å². The first-order chi connectivity index (χ1) is 10.8. The van der Waals surface area contributed by atoms with Gasteiger partial charge in [0, 0.05) is 25.7 Å². The van der Waals surface area contributed by atoms with E-state index in [-0.39, 0.29) is 0 Å². The van der Waals surface area contributed by atoms with Crippen molar-refractivity contribution in [2.45, 2.75) is 12.6 Å². The van der Waals surface area contributed by atoms with Crippen LogP contribution in [0.3, 0.4) is 0 Å². The molecule has 1 aliphatic rings. The van der Waals surface area contributed by atoms with Crippen molar-refractivity contribution < 1.29 is 9.15 Å². The molecule has 5 heteroatoms. The molecule has 1 unspecified atom stereocenters. The van der Waals surface area contributed by atoms with E-state index in [9.17, 15) is 0 Å². The quantitative estimate of drug-likeness (QED) is 0.853. The van der Waals surface area contributed by atoms with Crippen LogP contribution >= 0.6 is 15.9 Å². The molecule has 0 aliphatic carbocycles. The Hall–Kier alpha value is -1.14. The predicted octanol–water partition coefficient (Wildman–Crippen LogP) is 3.21. The molecular formula is C17H21BrN2O2. The molecule has 1 aromatic heterocycles. The number of ether oxygens (including phenoxy) is 1. The molecule has 0 amide bonds. The van der Waals surface area contributed by atoms with E-state index in [0.29, 0.717) is 6.04 Å². The number of benzene rings is 1. The van der Waals surface area contributed by atoms with Crippen LogP contribution < -0.4 is 5.32 Å². The third-order valence-electron chi connectivity index (χ3n) is 3.94. The van der Waals surface area contributed by atoms with Gasteiger partial charge in [0.05, 0.1) is 19.8 Å². The van der Waals surface area contributed by atoms with Gasteiger partial charge in [-0.3, -0.25) is 4.90 Å². The predicted molar refractivity (Wildman–Crippen MR) is 89.7 cm³/mol. The van der Waals surface area contributed by atoms with Gasteiger partial charge in [-0.05, 0) is 33.6 Å². The van der Waals surface area contributed by atoms with Crippen LogP contribution in [0.4, 0.5) is 0 Å².